The largest absolute Gasteiger partial charge is 0.508 e. The molecule has 0 aliphatic carbocycles. The van der Waals surface area contributed by atoms with Gasteiger partial charge in [0.15, 0.2) is 11.6 Å². The van der Waals surface area contributed by atoms with Crippen LogP contribution in [0.4, 0.5) is 4.39 Å². The Morgan fingerprint density at radius 1 is 0.706 bits per heavy atom. The normalized spacial score (nSPS) is 10.4. The molecule has 0 saturated heterocycles. The molecule has 0 fully saturated rings. The zero-order valence-corrected chi connectivity index (χ0v) is 8.55. The van der Waals surface area contributed by atoms with Gasteiger partial charge in [-0.1, -0.05) is 0 Å². The number of halogens is 1. The number of rotatable bonds is 1. The third-order valence-electron chi connectivity index (χ3n) is 2.25. The number of hydrogen-bond donors (Lipinski definition) is 4. The zero-order chi connectivity index (χ0) is 12.6. The molecule has 0 heterocycles. The van der Waals surface area contributed by atoms with Crippen LogP contribution >= 0.6 is 0 Å². The summed E-state index contributed by atoms with van der Waals surface area (Å²) in [5, 5.41) is 37.0. The van der Waals surface area contributed by atoms with E-state index in [-0.39, 0.29) is 28.4 Å². The number of benzene rings is 2. The summed E-state index contributed by atoms with van der Waals surface area (Å²) in [7, 11) is 0. The van der Waals surface area contributed by atoms with Crippen molar-refractivity contribution in [2.75, 3.05) is 0 Å². The van der Waals surface area contributed by atoms with Crippen LogP contribution in [0, 0.1) is 5.82 Å². The van der Waals surface area contributed by atoms with Gasteiger partial charge < -0.3 is 20.4 Å². The highest BCUT2D eigenvalue weighted by molar-refractivity contribution is 5.70. The maximum atomic E-state index is 13.6. The number of phenolic OH excluding ortho intramolecular Hbond substituents is 4. The molecule has 0 radical (unpaired) electrons. The van der Waals surface area contributed by atoms with Crippen LogP contribution < -0.4 is 0 Å². The fourth-order valence-corrected chi connectivity index (χ4v) is 1.56. The quantitative estimate of drug-likeness (QED) is 0.612. The Hall–Kier alpha value is -2.43. The number of hydrogen-bond acceptors (Lipinski definition) is 4. The molecular formula is C12H9FO4. The summed E-state index contributed by atoms with van der Waals surface area (Å²) in [6.45, 7) is 0. The van der Waals surface area contributed by atoms with Crippen LogP contribution in [0.2, 0.25) is 0 Å². The second kappa shape index (κ2) is 3.86. The van der Waals surface area contributed by atoms with Crippen LogP contribution in [-0.4, -0.2) is 20.4 Å². The molecule has 0 spiro atoms. The van der Waals surface area contributed by atoms with Crippen LogP contribution in [0.25, 0.3) is 11.1 Å². The van der Waals surface area contributed by atoms with E-state index in [0.29, 0.717) is 0 Å². The molecule has 0 unspecified atom stereocenters. The second-order valence-corrected chi connectivity index (χ2v) is 3.56. The molecule has 0 aliphatic rings. The molecule has 4 nitrogen and oxygen atoms in total. The van der Waals surface area contributed by atoms with E-state index in [1.165, 1.54) is 12.1 Å². The summed E-state index contributed by atoms with van der Waals surface area (Å²) < 4.78 is 13.6. The van der Waals surface area contributed by atoms with Crippen LogP contribution in [0.15, 0.2) is 30.3 Å². The van der Waals surface area contributed by atoms with Gasteiger partial charge in [-0.25, -0.2) is 4.39 Å². The number of phenols is 4. The first kappa shape index (κ1) is 11.1. The molecule has 0 atom stereocenters. The molecule has 2 aromatic rings. The first-order valence-corrected chi connectivity index (χ1v) is 4.72. The lowest BCUT2D eigenvalue weighted by atomic mass is 10.0. The predicted octanol–water partition coefficient (Wildman–Crippen LogP) is 2.32. The minimum Gasteiger partial charge on any atom is -0.508 e. The lowest BCUT2D eigenvalue weighted by Gasteiger charge is -2.07. The summed E-state index contributed by atoms with van der Waals surface area (Å²) in [4.78, 5) is 0. The molecule has 0 bridgehead atoms. The van der Waals surface area contributed by atoms with E-state index in [1.807, 2.05) is 0 Å². The van der Waals surface area contributed by atoms with Crippen LogP contribution in [0.5, 0.6) is 23.0 Å². The molecule has 0 aromatic heterocycles. The summed E-state index contributed by atoms with van der Waals surface area (Å²) in [5.74, 6) is -2.46. The first-order valence-electron chi connectivity index (χ1n) is 4.72. The minimum absolute atomic E-state index is 0.117. The van der Waals surface area contributed by atoms with Crippen molar-refractivity contribution >= 4 is 0 Å². The van der Waals surface area contributed by atoms with Gasteiger partial charge in [0.05, 0.1) is 0 Å². The maximum Gasteiger partial charge on any atom is 0.172 e. The van der Waals surface area contributed by atoms with Crippen molar-refractivity contribution in [3.8, 4) is 34.1 Å². The van der Waals surface area contributed by atoms with Gasteiger partial charge in [-0.2, -0.15) is 0 Å². The van der Waals surface area contributed by atoms with Gasteiger partial charge in [-0.05, 0) is 23.8 Å². The molecular weight excluding hydrogens is 227 g/mol. The third kappa shape index (κ3) is 2.08. The van der Waals surface area contributed by atoms with E-state index in [1.54, 1.807) is 0 Å². The van der Waals surface area contributed by atoms with E-state index in [9.17, 15) is 24.8 Å². The van der Waals surface area contributed by atoms with E-state index in [4.69, 9.17) is 0 Å². The molecule has 88 valence electrons. The van der Waals surface area contributed by atoms with Crippen molar-refractivity contribution in [3.05, 3.63) is 36.1 Å². The molecule has 0 amide bonds. The molecule has 2 rings (SSSR count). The Kier molecular flexibility index (Phi) is 2.51. The first-order chi connectivity index (χ1) is 7.97. The minimum atomic E-state index is -0.937. The van der Waals surface area contributed by atoms with Crippen LogP contribution in [-0.2, 0) is 0 Å². The molecule has 17 heavy (non-hydrogen) atoms. The molecule has 4 N–H and O–H groups in total. The fourth-order valence-electron chi connectivity index (χ4n) is 1.56. The third-order valence-corrected chi connectivity index (χ3v) is 2.25. The topological polar surface area (TPSA) is 80.9 Å². The standard InChI is InChI=1S/C12H9FO4/c13-12-10(4-9(16)5-11(12)17)6-1-7(14)3-8(15)2-6/h1-5,14-17H. The van der Waals surface area contributed by atoms with Crippen molar-refractivity contribution in [3.63, 3.8) is 0 Å². The van der Waals surface area contributed by atoms with Gasteiger partial charge in [-0.3, -0.25) is 0 Å². The molecule has 0 aliphatic heterocycles. The van der Waals surface area contributed by atoms with Crippen molar-refractivity contribution in [1.82, 2.24) is 0 Å². The van der Waals surface area contributed by atoms with E-state index in [2.05, 4.69) is 0 Å². The molecule has 2 aromatic carbocycles. The highest BCUT2D eigenvalue weighted by Crippen LogP contribution is 2.35. The molecule has 0 saturated carbocycles. The average Bonchev–Trinajstić information content (AvgIpc) is 2.22. The van der Waals surface area contributed by atoms with Gasteiger partial charge in [0, 0.05) is 17.7 Å². The van der Waals surface area contributed by atoms with Crippen LogP contribution in [0.1, 0.15) is 0 Å². The second-order valence-electron chi connectivity index (χ2n) is 3.56. The van der Waals surface area contributed by atoms with Crippen LogP contribution in [0.3, 0.4) is 0 Å². The maximum absolute atomic E-state index is 13.6. The average molecular weight is 236 g/mol. The SMILES string of the molecule is Oc1cc(O)cc(-c2cc(O)cc(O)c2F)c1. The van der Waals surface area contributed by atoms with E-state index in [0.717, 1.165) is 18.2 Å². The Bertz CT molecular complexity index is 561. The monoisotopic (exact) mass is 236 g/mol. The smallest absolute Gasteiger partial charge is 0.172 e. The van der Waals surface area contributed by atoms with Crippen molar-refractivity contribution in [2.24, 2.45) is 0 Å². The van der Waals surface area contributed by atoms with Crippen molar-refractivity contribution < 1.29 is 24.8 Å². The lowest BCUT2D eigenvalue weighted by molar-refractivity contribution is 0.420. The van der Waals surface area contributed by atoms with Gasteiger partial charge in [0.2, 0.25) is 0 Å². The zero-order valence-electron chi connectivity index (χ0n) is 8.55. The van der Waals surface area contributed by atoms with Crippen molar-refractivity contribution in [2.45, 2.75) is 0 Å². The van der Waals surface area contributed by atoms with Gasteiger partial charge in [0.25, 0.3) is 0 Å². The number of aromatic hydroxyl groups is 4. The highest BCUT2D eigenvalue weighted by Gasteiger charge is 2.13. The highest BCUT2D eigenvalue weighted by atomic mass is 19.1. The fraction of sp³-hybridized carbons (Fsp3) is 0. The Morgan fingerprint density at radius 2 is 1.24 bits per heavy atom. The summed E-state index contributed by atoms with van der Waals surface area (Å²) >= 11 is 0. The van der Waals surface area contributed by atoms with E-state index >= 15 is 0 Å². The van der Waals surface area contributed by atoms with Gasteiger partial charge >= 0.3 is 0 Å². The van der Waals surface area contributed by atoms with E-state index < -0.39 is 11.6 Å². The summed E-state index contributed by atoms with van der Waals surface area (Å²) in [6.07, 6.45) is 0. The summed E-state index contributed by atoms with van der Waals surface area (Å²) in [6, 6.07) is 5.45. The predicted molar refractivity (Wildman–Crippen MR) is 58.5 cm³/mol. The van der Waals surface area contributed by atoms with Gasteiger partial charge in [0.1, 0.15) is 17.2 Å². The summed E-state index contributed by atoms with van der Waals surface area (Å²) in [5.41, 5.74) is 0.0277. The Balaban J connectivity index is 2.67. The van der Waals surface area contributed by atoms with Gasteiger partial charge in [-0.15, -0.1) is 0 Å². The van der Waals surface area contributed by atoms with Crippen molar-refractivity contribution in [1.29, 1.82) is 0 Å². The lowest BCUT2D eigenvalue weighted by Crippen LogP contribution is -1.85. The Labute approximate surface area is 95.8 Å². The Morgan fingerprint density at radius 3 is 1.82 bits per heavy atom. The molecule has 5 heteroatoms.